The predicted molar refractivity (Wildman–Crippen MR) is 75.3 cm³/mol. The molecule has 0 aliphatic rings. The van der Waals surface area contributed by atoms with Gasteiger partial charge < -0.3 is 5.73 Å². The van der Waals surface area contributed by atoms with E-state index < -0.39 is 0 Å². The van der Waals surface area contributed by atoms with Crippen molar-refractivity contribution in [1.29, 1.82) is 0 Å². The molecule has 1 aromatic rings. The van der Waals surface area contributed by atoms with Crippen LogP contribution in [0.3, 0.4) is 0 Å². The Balaban J connectivity index is 1.84. The van der Waals surface area contributed by atoms with Crippen LogP contribution in [0.2, 0.25) is 0 Å². The van der Waals surface area contributed by atoms with Crippen LogP contribution < -0.4 is 5.73 Å². The Hall–Kier alpha value is -0.640. The van der Waals surface area contributed by atoms with Crippen LogP contribution in [0.5, 0.6) is 0 Å². The number of rotatable bonds is 10. The summed E-state index contributed by atoms with van der Waals surface area (Å²) in [5.74, 6) is 0.431. The van der Waals surface area contributed by atoms with E-state index in [0.717, 1.165) is 11.4 Å². The maximum atomic E-state index is 5.48. The van der Waals surface area contributed by atoms with Gasteiger partial charge in [0.1, 0.15) is 5.01 Å². The molecule has 4 heteroatoms. The number of nitrogen functional groups attached to an aromatic ring is 1. The molecule has 98 valence electrons. The van der Waals surface area contributed by atoms with Gasteiger partial charge in [-0.2, -0.15) is 4.37 Å². The molecule has 0 saturated carbocycles. The molecule has 0 spiro atoms. The summed E-state index contributed by atoms with van der Waals surface area (Å²) in [4.78, 5) is 4.16. The monoisotopic (exact) mass is 255 g/mol. The fourth-order valence-electron chi connectivity index (χ4n) is 1.96. The first-order valence-corrected chi connectivity index (χ1v) is 7.68. The van der Waals surface area contributed by atoms with Crippen LogP contribution in [0.4, 0.5) is 5.95 Å². The zero-order chi connectivity index (χ0) is 12.3. The largest absolute Gasteiger partial charge is 0.367 e. The summed E-state index contributed by atoms with van der Waals surface area (Å²) in [7, 11) is 0. The summed E-state index contributed by atoms with van der Waals surface area (Å²) < 4.78 is 3.98. The molecule has 0 amide bonds. The Kier molecular flexibility index (Phi) is 7.97. The summed E-state index contributed by atoms with van der Waals surface area (Å²) in [6.45, 7) is 2.26. The quantitative estimate of drug-likeness (QED) is 0.638. The average Bonchev–Trinajstić information content (AvgIpc) is 2.73. The highest BCUT2D eigenvalue weighted by molar-refractivity contribution is 7.05. The van der Waals surface area contributed by atoms with Crippen molar-refractivity contribution in [3.63, 3.8) is 0 Å². The van der Waals surface area contributed by atoms with E-state index >= 15 is 0 Å². The van der Waals surface area contributed by atoms with Crippen LogP contribution in [-0.2, 0) is 6.42 Å². The minimum absolute atomic E-state index is 0.431. The van der Waals surface area contributed by atoms with Crippen molar-refractivity contribution in [3.8, 4) is 0 Å². The second-order valence-electron chi connectivity index (χ2n) is 4.62. The molecule has 0 aliphatic carbocycles. The van der Waals surface area contributed by atoms with Crippen LogP contribution in [0, 0.1) is 0 Å². The molecule has 0 radical (unpaired) electrons. The molecule has 0 bridgehead atoms. The van der Waals surface area contributed by atoms with Crippen LogP contribution in [0.15, 0.2) is 0 Å². The van der Waals surface area contributed by atoms with Gasteiger partial charge in [-0.1, -0.05) is 58.3 Å². The Morgan fingerprint density at radius 3 is 2.06 bits per heavy atom. The van der Waals surface area contributed by atoms with Crippen molar-refractivity contribution < 1.29 is 0 Å². The van der Waals surface area contributed by atoms with E-state index in [4.69, 9.17) is 5.73 Å². The molecule has 1 heterocycles. The first kappa shape index (κ1) is 14.4. The fraction of sp³-hybridized carbons (Fsp3) is 0.846. The van der Waals surface area contributed by atoms with Crippen molar-refractivity contribution in [2.75, 3.05) is 5.73 Å². The Morgan fingerprint density at radius 1 is 0.941 bits per heavy atom. The first-order valence-electron chi connectivity index (χ1n) is 6.91. The molecular formula is C13H25N3S. The average molecular weight is 255 g/mol. The van der Waals surface area contributed by atoms with E-state index in [2.05, 4.69) is 16.3 Å². The lowest BCUT2D eigenvalue weighted by Crippen LogP contribution is -1.88. The molecule has 0 aliphatic heterocycles. The molecular weight excluding hydrogens is 230 g/mol. The van der Waals surface area contributed by atoms with Gasteiger partial charge in [-0.3, -0.25) is 0 Å². The van der Waals surface area contributed by atoms with Gasteiger partial charge in [0, 0.05) is 6.42 Å². The third-order valence-electron chi connectivity index (χ3n) is 2.98. The highest BCUT2D eigenvalue weighted by Gasteiger charge is 2.00. The van der Waals surface area contributed by atoms with Crippen LogP contribution in [0.1, 0.15) is 69.7 Å². The number of nitrogens with zero attached hydrogens (tertiary/aromatic N) is 2. The Bertz CT molecular complexity index is 286. The van der Waals surface area contributed by atoms with E-state index in [9.17, 15) is 0 Å². The van der Waals surface area contributed by atoms with Gasteiger partial charge in [-0.15, -0.1) is 0 Å². The Morgan fingerprint density at radius 2 is 1.53 bits per heavy atom. The van der Waals surface area contributed by atoms with Gasteiger partial charge in [0.2, 0.25) is 5.95 Å². The lowest BCUT2D eigenvalue weighted by molar-refractivity contribution is 0.564. The molecule has 1 rings (SSSR count). The SMILES string of the molecule is CCCCCCCCCCCc1nc(N)ns1. The zero-order valence-electron chi connectivity index (χ0n) is 11.0. The molecule has 17 heavy (non-hydrogen) atoms. The summed E-state index contributed by atoms with van der Waals surface area (Å²) in [5.41, 5.74) is 5.48. The van der Waals surface area contributed by atoms with Gasteiger partial charge >= 0.3 is 0 Å². The molecule has 0 saturated heterocycles. The summed E-state index contributed by atoms with van der Waals surface area (Å²) in [6.07, 6.45) is 13.3. The molecule has 0 fully saturated rings. The summed E-state index contributed by atoms with van der Waals surface area (Å²) >= 11 is 1.44. The number of unbranched alkanes of at least 4 members (excludes halogenated alkanes) is 8. The Labute approximate surface area is 109 Å². The molecule has 0 aromatic carbocycles. The van der Waals surface area contributed by atoms with Gasteiger partial charge in [0.05, 0.1) is 0 Å². The summed E-state index contributed by atoms with van der Waals surface area (Å²) in [6, 6.07) is 0. The smallest absolute Gasteiger partial charge is 0.232 e. The van der Waals surface area contributed by atoms with E-state index in [0.29, 0.717) is 5.95 Å². The maximum absolute atomic E-state index is 5.48. The van der Waals surface area contributed by atoms with Gasteiger partial charge in [0.25, 0.3) is 0 Å². The lowest BCUT2D eigenvalue weighted by atomic mass is 10.1. The number of hydrogen-bond acceptors (Lipinski definition) is 4. The van der Waals surface area contributed by atoms with Crippen LogP contribution >= 0.6 is 11.5 Å². The van der Waals surface area contributed by atoms with Crippen molar-refractivity contribution in [1.82, 2.24) is 9.36 Å². The number of aryl methyl sites for hydroxylation is 1. The predicted octanol–water partition coefficient (Wildman–Crippen LogP) is 4.19. The van der Waals surface area contributed by atoms with Gasteiger partial charge in [0.15, 0.2) is 0 Å². The van der Waals surface area contributed by atoms with E-state index in [-0.39, 0.29) is 0 Å². The molecule has 3 nitrogen and oxygen atoms in total. The highest BCUT2D eigenvalue weighted by atomic mass is 32.1. The minimum atomic E-state index is 0.431. The molecule has 0 atom stereocenters. The number of anilines is 1. The second-order valence-corrected chi connectivity index (χ2v) is 5.46. The zero-order valence-corrected chi connectivity index (χ0v) is 11.8. The second kappa shape index (κ2) is 9.40. The van der Waals surface area contributed by atoms with Crippen molar-refractivity contribution in [2.45, 2.75) is 71.1 Å². The molecule has 1 aromatic heterocycles. The highest BCUT2D eigenvalue weighted by Crippen LogP contribution is 2.13. The van der Waals surface area contributed by atoms with Gasteiger partial charge in [-0.25, -0.2) is 4.98 Å². The number of aromatic nitrogens is 2. The first-order chi connectivity index (χ1) is 8.33. The van der Waals surface area contributed by atoms with Crippen LogP contribution in [0.25, 0.3) is 0 Å². The van der Waals surface area contributed by atoms with E-state index in [1.807, 2.05) is 0 Å². The summed E-state index contributed by atoms with van der Waals surface area (Å²) in [5, 5.41) is 1.09. The van der Waals surface area contributed by atoms with Crippen molar-refractivity contribution in [3.05, 3.63) is 5.01 Å². The fourth-order valence-corrected chi connectivity index (χ4v) is 2.57. The van der Waals surface area contributed by atoms with Crippen molar-refractivity contribution in [2.24, 2.45) is 0 Å². The minimum Gasteiger partial charge on any atom is -0.367 e. The van der Waals surface area contributed by atoms with Crippen molar-refractivity contribution >= 4 is 17.5 Å². The lowest BCUT2D eigenvalue weighted by Gasteiger charge is -2.00. The third kappa shape index (κ3) is 7.31. The number of hydrogen-bond donors (Lipinski definition) is 1. The maximum Gasteiger partial charge on any atom is 0.232 e. The topological polar surface area (TPSA) is 51.8 Å². The third-order valence-corrected chi connectivity index (χ3v) is 3.76. The van der Waals surface area contributed by atoms with E-state index in [1.165, 1.54) is 69.3 Å². The molecule has 2 N–H and O–H groups in total. The normalized spacial score (nSPS) is 10.9. The number of nitrogens with two attached hydrogens (primary N) is 1. The van der Waals surface area contributed by atoms with Gasteiger partial charge in [-0.05, 0) is 18.0 Å². The van der Waals surface area contributed by atoms with E-state index in [1.54, 1.807) is 0 Å². The van der Waals surface area contributed by atoms with Crippen LogP contribution in [-0.4, -0.2) is 9.36 Å². The molecule has 0 unspecified atom stereocenters. The standard InChI is InChI=1S/C13H25N3S/c1-2-3-4-5-6-7-8-9-10-11-12-15-13(14)16-17-12/h2-11H2,1H3,(H2,14,16).